The van der Waals surface area contributed by atoms with E-state index in [1.807, 2.05) is 6.92 Å². The molecule has 1 nitrogen and oxygen atoms in total. The van der Waals surface area contributed by atoms with Crippen LogP contribution in [0.25, 0.3) is 11.1 Å². The molecule has 0 aliphatic heterocycles. The van der Waals surface area contributed by atoms with Gasteiger partial charge in [-0.05, 0) is 31.2 Å². The average Bonchev–Trinajstić information content (AvgIpc) is 2.31. The van der Waals surface area contributed by atoms with E-state index in [9.17, 15) is 8.78 Å². The van der Waals surface area contributed by atoms with E-state index in [1.54, 1.807) is 24.3 Å². The summed E-state index contributed by atoms with van der Waals surface area (Å²) in [6.45, 7) is 2.57. The summed E-state index contributed by atoms with van der Waals surface area (Å²) in [4.78, 5) is 0. The highest BCUT2D eigenvalue weighted by Crippen LogP contribution is 2.30. The fourth-order valence-corrected chi connectivity index (χ4v) is 1.77. The number of nitrogens with one attached hydrogen (secondary N) is 1. The lowest BCUT2D eigenvalue weighted by atomic mass is 10.0. The third kappa shape index (κ3) is 2.44. The fraction of sp³-hybridized carbons (Fsp3) is 0.143. The summed E-state index contributed by atoms with van der Waals surface area (Å²) in [5, 5.41) is 3.04. The molecule has 88 valence electrons. The van der Waals surface area contributed by atoms with Crippen LogP contribution in [0.2, 0.25) is 0 Å². The second kappa shape index (κ2) is 4.95. The second-order valence-electron chi connectivity index (χ2n) is 3.70. The van der Waals surface area contributed by atoms with E-state index in [0.717, 1.165) is 0 Å². The lowest BCUT2D eigenvalue weighted by Crippen LogP contribution is -2.00. The molecule has 0 bridgehead atoms. The fourth-order valence-electron chi connectivity index (χ4n) is 1.77. The Bertz CT molecular complexity index is 523. The number of rotatable bonds is 3. The maximum atomic E-state index is 13.7. The van der Waals surface area contributed by atoms with Gasteiger partial charge in [0, 0.05) is 23.4 Å². The van der Waals surface area contributed by atoms with Crippen LogP contribution in [0.15, 0.2) is 42.5 Å². The molecular weight excluding hydrogens is 220 g/mol. The van der Waals surface area contributed by atoms with Crippen molar-refractivity contribution in [2.24, 2.45) is 0 Å². The summed E-state index contributed by atoms with van der Waals surface area (Å²) in [5.74, 6) is -0.640. The van der Waals surface area contributed by atoms with Crippen molar-refractivity contribution in [1.82, 2.24) is 0 Å². The zero-order chi connectivity index (χ0) is 12.3. The maximum absolute atomic E-state index is 13.7. The number of hydrogen-bond donors (Lipinski definition) is 1. The van der Waals surface area contributed by atoms with Crippen LogP contribution in [0.5, 0.6) is 0 Å². The molecule has 0 saturated carbocycles. The molecule has 0 aliphatic carbocycles. The van der Waals surface area contributed by atoms with Gasteiger partial charge in [-0.1, -0.05) is 18.2 Å². The van der Waals surface area contributed by atoms with Gasteiger partial charge in [-0.15, -0.1) is 0 Å². The number of halogens is 2. The van der Waals surface area contributed by atoms with Crippen LogP contribution in [0.4, 0.5) is 14.5 Å². The smallest absolute Gasteiger partial charge is 0.131 e. The first-order chi connectivity index (χ1) is 8.22. The van der Waals surface area contributed by atoms with Crippen molar-refractivity contribution < 1.29 is 8.78 Å². The van der Waals surface area contributed by atoms with Crippen molar-refractivity contribution in [3.05, 3.63) is 54.1 Å². The third-order valence-corrected chi connectivity index (χ3v) is 2.51. The lowest BCUT2D eigenvalue weighted by Gasteiger charge is -2.11. The Labute approximate surface area is 99.1 Å². The van der Waals surface area contributed by atoms with Crippen LogP contribution in [0, 0.1) is 11.6 Å². The van der Waals surface area contributed by atoms with Gasteiger partial charge in [0.2, 0.25) is 0 Å². The van der Waals surface area contributed by atoms with E-state index >= 15 is 0 Å². The molecule has 0 unspecified atom stereocenters. The molecule has 17 heavy (non-hydrogen) atoms. The van der Waals surface area contributed by atoms with Gasteiger partial charge >= 0.3 is 0 Å². The van der Waals surface area contributed by atoms with Gasteiger partial charge in [0.05, 0.1) is 0 Å². The van der Waals surface area contributed by atoms with Gasteiger partial charge in [-0.25, -0.2) is 8.78 Å². The molecule has 0 atom stereocenters. The Hall–Kier alpha value is -1.90. The second-order valence-corrected chi connectivity index (χ2v) is 3.70. The summed E-state index contributed by atoms with van der Waals surface area (Å²) in [6, 6.07) is 10.8. The lowest BCUT2D eigenvalue weighted by molar-refractivity contribution is 0.626. The SMILES string of the molecule is CCNc1cc(F)ccc1-c1ccccc1F. The Morgan fingerprint density at radius 3 is 2.47 bits per heavy atom. The molecule has 0 saturated heterocycles. The van der Waals surface area contributed by atoms with E-state index in [2.05, 4.69) is 5.32 Å². The first kappa shape index (κ1) is 11.6. The minimum atomic E-state index is -0.332. The summed E-state index contributed by atoms with van der Waals surface area (Å²) in [7, 11) is 0. The summed E-state index contributed by atoms with van der Waals surface area (Å²) >= 11 is 0. The number of anilines is 1. The zero-order valence-electron chi connectivity index (χ0n) is 9.50. The van der Waals surface area contributed by atoms with Crippen LogP contribution < -0.4 is 5.32 Å². The molecule has 0 aliphatic rings. The third-order valence-electron chi connectivity index (χ3n) is 2.51. The van der Waals surface area contributed by atoms with Gasteiger partial charge in [0.25, 0.3) is 0 Å². The van der Waals surface area contributed by atoms with Crippen LogP contribution in [0.1, 0.15) is 6.92 Å². The minimum Gasteiger partial charge on any atom is -0.385 e. The molecule has 0 spiro atoms. The molecule has 2 aromatic carbocycles. The summed E-state index contributed by atoms with van der Waals surface area (Å²) in [5.41, 5.74) is 1.76. The van der Waals surface area contributed by atoms with Crippen molar-refractivity contribution in [2.75, 3.05) is 11.9 Å². The molecule has 2 rings (SSSR count). The standard InChI is InChI=1S/C14H13F2N/c1-2-17-14-9-10(15)7-8-12(14)11-5-3-4-6-13(11)16/h3-9,17H,2H2,1H3. The van der Waals surface area contributed by atoms with E-state index in [4.69, 9.17) is 0 Å². The number of benzene rings is 2. The first-order valence-corrected chi connectivity index (χ1v) is 5.50. The molecule has 0 amide bonds. The molecular formula is C14H13F2N. The molecule has 0 radical (unpaired) electrons. The Morgan fingerprint density at radius 2 is 1.76 bits per heavy atom. The highest BCUT2D eigenvalue weighted by Gasteiger charge is 2.09. The minimum absolute atomic E-state index is 0.307. The highest BCUT2D eigenvalue weighted by molar-refractivity contribution is 5.78. The maximum Gasteiger partial charge on any atom is 0.131 e. The molecule has 0 heterocycles. The monoisotopic (exact) mass is 233 g/mol. The van der Waals surface area contributed by atoms with Crippen LogP contribution in [-0.2, 0) is 0 Å². The van der Waals surface area contributed by atoms with Crippen molar-refractivity contribution in [2.45, 2.75) is 6.92 Å². The molecule has 0 fully saturated rings. The average molecular weight is 233 g/mol. The van der Waals surface area contributed by atoms with E-state index in [1.165, 1.54) is 18.2 Å². The normalized spacial score (nSPS) is 10.3. The predicted octanol–water partition coefficient (Wildman–Crippen LogP) is 4.06. The van der Waals surface area contributed by atoms with Crippen molar-refractivity contribution in [1.29, 1.82) is 0 Å². The van der Waals surface area contributed by atoms with Crippen molar-refractivity contribution in [3.8, 4) is 11.1 Å². The van der Waals surface area contributed by atoms with Crippen molar-refractivity contribution in [3.63, 3.8) is 0 Å². The highest BCUT2D eigenvalue weighted by atomic mass is 19.1. The largest absolute Gasteiger partial charge is 0.385 e. The van der Waals surface area contributed by atoms with Gasteiger partial charge < -0.3 is 5.32 Å². The van der Waals surface area contributed by atoms with Gasteiger partial charge in [0.1, 0.15) is 11.6 Å². The zero-order valence-corrected chi connectivity index (χ0v) is 9.50. The van der Waals surface area contributed by atoms with E-state index in [-0.39, 0.29) is 11.6 Å². The molecule has 2 aromatic rings. The molecule has 0 aromatic heterocycles. The quantitative estimate of drug-likeness (QED) is 0.842. The van der Waals surface area contributed by atoms with Gasteiger partial charge in [-0.3, -0.25) is 0 Å². The molecule has 1 N–H and O–H groups in total. The summed E-state index contributed by atoms with van der Waals surface area (Å²) in [6.07, 6.45) is 0. The van der Waals surface area contributed by atoms with E-state index < -0.39 is 0 Å². The van der Waals surface area contributed by atoms with E-state index in [0.29, 0.717) is 23.4 Å². The number of hydrogen-bond acceptors (Lipinski definition) is 1. The van der Waals surface area contributed by atoms with Gasteiger partial charge in [-0.2, -0.15) is 0 Å². The van der Waals surface area contributed by atoms with Crippen molar-refractivity contribution >= 4 is 5.69 Å². The molecule has 3 heteroatoms. The first-order valence-electron chi connectivity index (χ1n) is 5.50. The Morgan fingerprint density at radius 1 is 1.00 bits per heavy atom. The van der Waals surface area contributed by atoms with Gasteiger partial charge in [0.15, 0.2) is 0 Å². The predicted molar refractivity (Wildman–Crippen MR) is 66.0 cm³/mol. The topological polar surface area (TPSA) is 12.0 Å². The Balaban J connectivity index is 2.55. The van der Waals surface area contributed by atoms with Crippen LogP contribution >= 0.6 is 0 Å². The van der Waals surface area contributed by atoms with Crippen LogP contribution in [0.3, 0.4) is 0 Å². The van der Waals surface area contributed by atoms with Crippen LogP contribution in [-0.4, -0.2) is 6.54 Å². The Kier molecular flexibility index (Phi) is 3.38. The summed E-state index contributed by atoms with van der Waals surface area (Å²) < 4.78 is 26.8.